The van der Waals surface area contributed by atoms with Gasteiger partial charge in [0.25, 0.3) is 0 Å². The smallest absolute Gasteiger partial charge is 0.308 e. The summed E-state index contributed by atoms with van der Waals surface area (Å²) in [4.78, 5) is 10.9. The normalized spacial score (nSPS) is 10.8. The number of methoxy groups -OCH3 is 1. The molecule has 0 amide bonds. The lowest BCUT2D eigenvalue weighted by molar-refractivity contribution is -0.131. The van der Waals surface area contributed by atoms with E-state index in [1.165, 1.54) is 32.2 Å². The van der Waals surface area contributed by atoms with E-state index in [1.807, 2.05) is 0 Å². The molecule has 0 aliphatic rings. The van der Waals surface area contributed by atoms with Crippen LogP contribution in [0.5, 0.6) is 17.2 Å². The predicted octanol–water partition coefficient (Wildman–Crippen LogP) is 0.959. The van der Waals surface area contributed by atoms with Crippen LogP contribution in [-0.4, -0.2) is 27.8 Å². The van der Waals surface area contributed by atoms with Gasteiger partial charge in [0.05, 0.1) is 13.4 Å². The van der Waals surface area contributed by atoms with E-state index in [0.717, 1.165) is 6.26 Å². The highest BCUT2D eigenvalue weighted by Crippen LogP contribution is 2.32. The van der Waals surface area contributed by atoms with Gasteiger partial charge in [-0.05, 0) is 12.1 Å². The summed E-state index contributed by atoms with van der Waals surface area (Å²) >= 11 is 0. The molecule has 6 nitrogen and oxygen atoms in total. The van der Waals surface area contributed by atoms with Crippen LogP contribution in [0, 0.1) is 0 Å². The molecule has 0 bridgehead atoms. The molecule has 0 aromatic heterocycles. The van der Waals surface area contributed by atoms with E-state index in [-0.39, 0.29) is 11.5 Å². The lowest BCUT2D eigenvalue weighted by Crippen LogP contribution is -2.09. The number of hydrogen-bond acceptors (Lipinski definition) is 6. The number of hydrogen-bond donors (Lipinski definition) is 0. The van der Waals surface area contributed by atoms with E-state index < -0.39 is 16.1 Å². The predicted molar refractivity (Wildman–Crippen MR) is 59.8 cm³/mol. The summed E-state index contributed by atoms with van der Waals surface area (Å²) in [5.41, 5.74) is 0. The number of carbonyl (C=O) groups is 1. The van der Waals surface area contributed by atoms with Crippen LogP contribution >= 0.6 is 0 Å². The molecule has 1 aromatic rings. The molecule has 0 radical (unpaired) electrons. The van der Waals surface area contributed by atoms with Crippen molar-refractivity contribution in [3.05, 3.63) is 18.2 Å². The Bertz CT molecular complexity index is 520. The minimum absolute atomic E-state index is 0.0118. The fraction of sp³-hybridized carbons (Fsp3) is 0.300. The molecule has 0 N–H and O–H groups in total. The Morgan fingerprint density at radius 3 is 2.35 bits per heavy atom. The first-order chi connectivity index (χ1) is 7.81. The number of rotatable bonds is 4. The van der Waals surface area contributed by atoms with Gasteiger partial charge in [-0.2, -0.15) is 8.42 Å². The summed E-state index contributed by atoms with van der Waals surface area (Å²) in [5, 5.41) is 0. The monoisotopic (exact) mass is 260 g/mol. The van der Waals surface area contributed by atoms with E-state index >= 15 is 0 Å². The van der Waals surface area contributed by atoms with Crippen molar-refractivity contribution in [3.63, 3.8) is 0 Å². The van der Waals surface area contributed by atoms with Crippen LogP contribution in [0.2, 0.25) is 0 Å². The lowest BCUT2D eigenvalue weighted by atomic mass is 10.3. The van der Waals surface area contributed by atoms with Crippen LogP contribution in [-0.2, 0) is 14.9 Å². The van der Waals surface area contributed by atoms with Gasteiger partial charge in [0, 0.05) is 13.0 Å². The topological polar surface area (TPSA) is 78.9 Å². The van der Waals surface area contributed by atoms with Gasteiger partial charge < -0.3 is 13.7 Å². The van der Waals surface area contributed by atoms with Crippen molar-refractivity contribution in [3.8, 4) is 17.2 Å². The van der Waals surface area contributed by atoms with E-state index in [4.69, 9.17) is 9.47 Å². The van der Waals surface area contributed by atoms with Crippen LogP contribution in [0.15, 0.2) is 18.2 Å². The van der Waals surface area contributed by atoms with Crippen LogP contribution in [0.4, 0.5) is 0 Å². The molecule has 7 heteroatoms. The zero-order valence-corrected chi connectivity index (χ0v) is 10.4. The third-order valence-corrected chi connectivity index (χ3v) is 2.13. The molecule has 0 fully saturated rings. The van der Waals surface area contributed by atoms with Crippen molar-refractivity contribution >= 4 is 16.1 Å². The minimum Gasteiger partial charge on any atom is -0.497 e. The van der Waals surface area contributed by atoms with Crippen LogP contribution in [0.1, 0.15) is 6.92 Å². The molecule has 94 valence electrons. The highest BCUT2D eigenvalue weighted by Gasteiger charge is 2.13. The maximum atomic E-state index is 11.0. The highest BCUT2D eigenvalue weighted by atomic mass is 32.2. The fourth-order valence-corrected chi connectivity index (χ4v) is 1.55. The van der Waals surface area contributed by atoms with Gasteiger partial charge in [0.1, 0.15) is 5.75 Å². The average Bonchev–Trinajstić information content (AvgIpc) is 2.17. The Labute approximate surface area is 99.2 Å². The molecule has 0 atom stereocenters. The van der Waals surface area contributed by atoms with Crippen molar-refractivity contribution in [1.29, 1.82) is 0 Å². The van der Waals surface area contributed by atoms with E-state index in [1.54, 1.807) is 0 Å². The zero-order chi connectivity index (χ0) is 13.1. The van der Waals surface area contributed by atoms with Gasteiger partial charge in [-0.25, -0.2) is 0 Å². The van der Waals surface area contributed by atoms with Crippen molar-refractivity contribution in [2.45, 2.75) is 6.92 Å². The zero-order valence-electron chi connectivity index (χ0n) is 9.59. The summed E-state index contributed by atoms with van der Waals surface area (Å²) in [7, 11) is -2.25. The SMILES string of the molecule is COc1ccc(OS(C)(=O)=O)c(OC(C)=O)c1. The van der Waals surface area contributed by atoms with E-state index in [2.05, 4.69) is 4.18 Å². The van der Waals surface area contributed by atoms with E-state index in [9.17, 15) is 13.2 Å². The first kappa shape index (κ1) is 13.3. The Balaban J connectivity index is 3.14. The molecule has 1 aromatic carbocycles. The second-order valence-corrected chi connectivity index (χ2v) is 4.77. The maximum Gasteiger partial charge on any atom is 0.308 e. The van der Waals surface area contributed by atoms with Gasteiger partial charge in [-0.3, -0.25) is 4.79 Å². The molecule has 0 aliphatic carbocycles. The van der Waals surface area contributed by atoms with Crippen LogP contribution in [0.3, 0.4) is 0 Å². The number of benzene rings is 1. The lowest BCUT2D eigenvalue weighted by Gasteiger charge is -2.10. The van der Waals surface area contributed by atoms with Crippen LogP contribution < -0.4 is 13.7 Å². The maximum absolute atomic E-state index is 11.0. The quantitative estimate of drug-likeness (QED) is 0.456. The second-order valence-electron chi connectivity index (χ2n) is 3.19. The molecule has 17 heavy (non-hydrogen) atoms. The summed E-state index contributed by atoms with van der Waals surface area (Å²) < 4.78 is 36.4. The number of ether oxygens (including phenoxy) is 2. The van der Waals surface area contributed by atoms with Gasteiger partial charge in [-0.1, -0.05) is 0 Å². The van der Waals surface area contributed by atoms with E-state index in [0.29, 0.717) is 5.75 Å². The Hall–Kier alpha value is -1.76. The third kappa shape index (κ3) is 4.31. The first-order valence-electron chi connectivity index (χ1n) is 4.58. The summed E-state index contributed by atoms with van der Waals surface area (Å²) in [6, 6.07) is 4.20. The Kier molecular flexibility index (Phi) is 3.95. The molecular formula is C10H12O6S. The standard InChI is InChI=1S/C10H12O6S/c1-7(11)15-10-6-8(14-2)4-5-9(10)16-17(3,12)13/h4-6H,1-3H3. The highest BCUT2D eigenvalue weighted by molar-refractivity contribution is 7.86. The summed E-state index contributed by atoms with van der Waals surface area (Å²) in [5.74, 6) is -0.246. The molecular weight excluding hydrogens is 248 g/mol. The molecule has 0 saturated heterocycles. The van der Waals surface area contributed by atoms with Gasteiger partial charge in [-0.15, -0.1) is 0 Å². The average molecular weight is 260 g/mol. The van der Waals surface area contributed by atoms with Crippen molar-refractivity contribution in [2.24, 2.45) is 0 Å². The van der Waals surface area contributed by atoms with Gasteiger partial charge >= 0.3 is 16.1 Å². The third-order valence-electron chi connectivity index (χ3n) is 1.65. The Morgan fingerprint density at radius 2 is 1.88 bits per heavy atom. The minimum atomic E-state index is -3.69. The molecule has 0 spiro atoms. The van der Waals surface area contributed by atoms with Crippen molar-refractivity contribution < 1.29 is 26.9 Å². The molecule has 0 saturated carbocycles. The van der Waals surface area contributed by atoms with Crippen LogP contribution in [0.25, 0.3) is 0 Å². The summed E-state index contributed by atoms with van der Waals surface area (Å²) in [6.45, 7) is 1.20. The number of carbonyl (C=O) groups excluding carboxylic acids is 1. The molecule has 0 heterocycles. The Morgan fingerprint density at radius 1 is 1.24 bits per heavy atom. The molecule has 0 aliphatic heterocycles. The van der Waals surface area contributed by atoms with Crippen molar-refractivity contribution in [2.75, 3.05) is 13.4 Å². The largest absolute Gasteiger partial charge is 0.497 e. The van der Waals surface area contributed by atoms with Gasteiger partial charge in [0.15, 0.2) is 11.5 Å². The van der Waals surface area contributed by atoms with Gasteiger partial charge in [0.2, 0.25) is 0 Å². The first-order valence-corrected chi connectivity index (χ1v) is 6.39. The fourth-order valence-electron chi connectivity index (χ4n) is 1.08. The summed E-state index contributed by atoms with van der Waals surface area (Å²) in [6.07, 6.45) is 0.898. The van der Waals surface area contributed by atoms with Crippen molar-refractivity contribution in [1.82, 2.24) is 0 Å². The molecule has 1 rings (SSSR count). The molecule has 0 unspecified atom stereocenters. The number of esters is 1. The second kappa shape index (κ2) is 5.05.